The largest absolute Gasteiger partial charge is 0.379 e. The minimum atomic E-state index is -0.173. The van der Waals surface area contributed by atoms with Crippen LogP contribution in [0.25, 0.3) is 28.1 Å². The van der Waals surface area contributed by atoms with Gasteiger partial charge in [0.25, 0.3) is 5.56 Å². The number of hydrogen-bond acceptors (Lipinski definition) is 4. The molecule has 0 bridgehead atoms. The Kier molecular flexibility index (Phi) is 5.21. The molecule has 2 N–H and O–H groups in total. The van der Waals surface area contributed by atoms with E-state index in [1.54, 1.807) is 36.7 Å². The third-order valence-electron chi connectivity index (χ3n) is 5.37. The fourth-order valence-corrected chi connectivity index (χ4v) is 3.85. The van der Waals surface area contributed by atoms with Gasteiger partial charge in [0.15, 0.2) is 0 Å². The molecule has 0 saturated carbocycles. The van der Waals surface area contributed by atoms with Crippen molar-refractivity contribution < 1.29 is 0 Å². The van der Waals surface area contributed by atoms with Gasteiger partial charge in [-0.2, -0.15) is 9.78 Å². The maximum atomic E-state index is 13.0. The van der Waals surface area contributed by atoms with Gasteiger partial charge in [0.05, 0.1) is 23.5 Å². The van der Waals surface area contributed by atoms with E-state index in [0.29, 0.717) is 28.5 Å². The lowest BCUT2D eigenvalue weighted by atomic mass is 9.98. The number of pyridine rings is 2. The SMILES string of the molecule is Cc1[nH]cc2c(=O)n(-c3ccc(Cl)cc3)nc-2c1-c1ccc(NCc2ccccn2)cc1. The number of nitrogens with zero attached hydrogens (tertiary/aromatic N) is 3. The summed E-state index contributed by atoms with van der Waals surface area (Å²) in [5, 5.41) is 8.66. The van der Waals surface area contributed by atoms with Crippen molar-refractivity contribution >= 4 is 17.3 Å². The number of fused-ring (bicyclic) bond motifs is 1. The van der Waals surface area contributed by atoms with Crippen LogP contribution in [0.4, 0.5) is 5.69 Å². The van der Waals surface area contributed by atoms with Crippen LogP contribution < -0.4 is 10.9 Å². The Balaban J connectivity index is 1.49. The smallest absolute Gasteiger partial charge is 0.282 e. The maximum Gasteiger partial charge on any atom is 0.282 e. The molecule has 0 aliphatic carbocycles. The lowest BCUT2D eigenvalue weighted by molar-refractivity contribution is 0.858. The number of aromatic nitrogens is 4. The van der Waals surface area contributed by atoms with Gasteiger partial charge in [-0.25, -0.2) is 0 Å². The zero-order valence-electron chi connectivity index (χ0n) is 17.3. The van der Waals surface area contributed by atoms with Gasteiger partial charge in [0, 0.05) is 34.4 Å². The predicted molar refractivity (Wildman–Crippen MR) is 128 cm³/mol. The molecule has 7 heteroatoms. The Morgan fingerprint density at radius 3 is 2.53 bits per heavy atom. The van der Waals surface area contributed by atoms with Crippen molar-refractivity contribution in [3.05, 3.63) is 106 Å². The van der Waals surface area contributed by atoms with Crippen LogP contribution in [-0.4, -0.2) is 19.7 Å². The van der Waals surface area contributed by atoms with Crippen molar-refractivity contribution in [2.24, 2.45) is 0 Å². The first kappa shape index (κ1) is 20.0. The van der Waals surface area contributed by atoms with E-state index < -0.39 is 0 Å². The second-order valence-electron chi connectivity index (χ2n) is 7.50. The van der Waals surface area contributed by atoms with E-state index in [0.717, 1.165) is 28.2 Å². The average molecular weight is 442 g/mol. The zero-order valence-corrected chi connectivity index (χ0v) is 18.1. The molecule has 32 heavy (non-hydrogen) atoms. The van der Waals surface area contributed by atoms with Gasteiger partial charge in [-0.15, -0.1) is 0 Å². The van der Waals surface area contributed by atoms with Crippen molar-refractivity contribution in [1.82, 2.24) is 19.7 Å². The number of hydrogen-bond donors (Lipinski definition) is 2. The van der Waals surface area contributed by atoms with Crippen LogP contribution in [0.1, 0.15) is 11.4 Å². The number of H-pyrrole nitrogens is 1. The maximum absolute atomic E-state index is 13.0. The summed E-state index contributed by atoms with van der Waals surface area (Å²) < 4.78 is 1.42. The normalized spacial score (nSPS) is 11.1. The predicted octanol–water partition coefficient (Wildman–Crippen LogP) is 5.30. The summed E-state index contributed by atoms with van der Waals surface area (Å²) in [4.78, 5) is 20.6. The molecule has 2 aliphatic heterocycles. The van der Waals surface area contributed by atoms with Crippen molar-refractivity contribution in [2.45, 2.75) is 13.5 Å². The highest BCUT2D eigenvalue weighted by molar-refractivity contribution is 6.30. The van der Waals surface area contributed by atoms with Gasteiger partial charge in [-0.05, 0) is 61.0 Å². The van der Waals surface area contributed by atoms with E-state index in [1.807, 2.05) is 49.4 Å². The average Bonchev–Trinajstić information content (AvgIpc) is 3.15. The summed E-state index contributed by atoms with van der Waals surface area (Å²) in [5.41, 5.74) is 6.49. The van der Waals surface area contributed by atoms with Crippen molar-refractivity contribution in [2.75, 3.05) is 5.32 Å². The highest BCUT2D eigenvalue weighted by Crippen LogP contribution is 2.33. The highest BCUT2D eigenvalue weighted by atomic mass is 35.5. The fourth-order valence-electron chi connectivity index (χ4n) is 3.72. The monoisotopic (exact) mass is 441 g/mol. The molecular formula is C25H20ClN5O. The number of aryl methyl sites for hydroxylation is 1. The number of nitrogens with one attached hydrogen (secondary N) is 2. The first-order valence-corrected chi connectivity index (χ1v) is 10.6. The van der Waals surface area contributed by atoms with Gasteiger partial charge in [-0.3, -0.25) is 9.78 Å². The summed E-state index contributed by atoms with van der Waals surface area (Å²) in [5.74, 6) is 0. The highest BCUT2D eigenvalue weighted by Gasteiger charge is 2.22. The van der Waals surface area contributed by atoms with Gasteiger partial charge in [-0.1, -0.05) is 29.8 Å². The molecule has 3 aromatic rings. The molecule has 0 radical (unpaired) electrons. The minimum absolute atomic E-state index is 0.173. The zero-order chi connectivity index (χ0) is 22.1. The molecule has 5 rings (SSSR count). The van der Waals surface area contributed by atoms with E-state index in [1.165, 1.54) is 4.68 Å². The lowest BCUT2D eigenvalue weighted by Crippen LogP contribution is -2.14. The second kappa shape index (κ2) is 8.32. The molecule has 1 aromatic heterocycles. The number of benzene rings is 2. The first-order chi connectivity index (χ1) is 15.6. The first-order valence-electron chi connectivity index (χ1n) is 10.2. The molecule has 3 heterocycles. The van der Waals surface area contributed by atoms with Crippen LogP contribution in [0, 0.1) is 6.92 Å². The van der Waals surface area contributed by atoms with Crippen LogP contribution in [0.2, 0.25) is 5.02 Å². The third kappa shape index (κ3) is 3.76. The van der Waals surface area contributed by atoms with Gasteiger partial charge >= 0.3 is 0 Å². The molecule has 158 valence electrons. The molecule has 0 fully saturated rings. The van der Waals surface area contributed by atoms with Gasteiger partial charge in [0.2, 0.25) is 0 Å². The molecule has 2 aromatic carbocycles. The summed E-state index contributed by atoms with van der Waals surface area (Å²) >= 11 is 5.99. The Morgan fingerprint density at radius 1 is 1.03 bits per heavy atom. The number of anilines is 1. The summed E-state index contributed by atoms with van der Waals surface area (Å²) in [6, 6.07) is 21.0. The Morgan fingerprint density at radius 2 is 1.81 bits per heavy atom. The third-order valence-corrected chi connectivity index (χ3v) is 5.62. The molecule has 6 nitrogen and oxygen atoms in total. The molecule has 0 atom stereocenters. The van der Waals surface area contributed by atoms with Crippen molar-refractivity contribution in [1.29, 1.82) is 0 Å². The molecule has 0 saturated heterocycles. The van der Waals surface area contributed by atoms with Crippen LogP contribution in [0.5, 0.6) is 0 Å². The topological polar surface area (TPSA) is 75.6 Å². The van der Waals surface area contributed by atoms with E-state index in [-0.39, 0.29) is 5.56 Å². The second-order valence-corrected chi connectivity index (χ2v) is 7.93. The Labute approximate surface area is 189 Å². The number of aromatic amines is 1. The van der Waals surface area contributed by atoms with E-state index in [9.17, 15) is 4.79 Å². The molecule has 0 spiro atoms. The fraction of sp³-hybridized carbons (Fsp3) is 0.0800. The number of halogens is 1. The Hall–Kier alpha value is -3.90. The lowest BCUT2D eigenvalue weighted by Gasteiger charge is -2.11. The molecule has 2 aliphatic rings. The summed E-state index contributed by atoms with van der Waals surface area (Å²) in [7, 11) is 0. The molecular weight excluding hydrogens is 422 g/mol. The quantitative estimate of drug-likeness (QED) is 0.388. The van der Waals surface area contributed by atoms with Gasteiger partial charge < -0.3 is 10.3 Å². The standard InChI is InChI=1S/C25H20ClN5O/c1-16-23(17-5-9-19(10-6-17)29-14-20-4-2-3-13-27-20)24-22(15-28-16)25(32)31(30-24)21-11-7-18(26)8-12-21/h2-13,15,28-29H,14H2,1H3. The van der Waals surface area contributed by atoms with Crippen LogP contribution in [0.3, 0.4) is 0 Å². The summed E-state index contributed by atoms with van der Waals surface area (Å²) in [6.45, 7) is 2.63. The van der Waals surface area contributed by atoms with Crippen molar-refractivity contribution in [3.8, 4) is 28.1 Å². The van der Waals surface area contributed by atoms with E-state index in [4.69, 9.17) is 11.6 Å². The van der Waals surface area contributed by atoms with Gasteiger partial charge in [0.1, 0.15) is 5.69 Å². The summed E-state index contributed by atoms with van der Waals surface area (Å²) in [6.07, 6.45) is 3.51. The molecule has 0 unspecified atom stereocenters. The minimum Gasteiger partial charge on any atom is -0.379 e. The van der Waals surface area contributed by atoms with Crippen molar-refractivity contribution in [3.63, 3.8) is 0 Å². The van der Waals surface area contributed by atoms with E-state index >= 15 is 0 Å². The molecule has 0 amide bonds. The number of rotatable bonds is 5. The van der Waals surface area contributed by atoms with Crippen LogP contribution in [-0.2, 0) is 6.54 Å². The Bertz CT molecular complexity index is 1390. The van der Waals surface area contributed by atoms with Crippen LogP contribution in [0.15, 0.2) is 83.9 Å². The van der Waals surface area contributed by atoms with E-state index in [2.05, 4.69) is 20.4 Å². The van der Waals surface area contributed by atoms with Crippen LogP contribution >= 0.6 is 11.6 Å².